The van der Waals surface area contributed by atoms with Gasteiger partial charge in [0.2, 0.25) is 0 Å². The van der Waals surface area contributed by atoms with Crippen molar-refractivity contribution < 1.29 is 37.3 Å². The molecule has 2 atom stereocenters. The molecular weight excluding hydrogens is 496 g/mol. The van der Waals surface area contributed by atoms with Crippen LogP contribution >= 0.6 is 0 Å². The molecule has 0 heterocycles. The summed E-state index contributed by atoms with van der Waals surface area (Å²) in [6.07, 6.45) is -1.54. The average molecular weight is 536 g/mol. The van der Waals surface area contributed by atoms with Crippen molar-refractivity contribution in [2.24, 2.45) is 0 Å². The maximum atomic E-state index is 14.2. The third-order valence-electron chi connectivity index (χ3n) is 5.66. The lowest BCUT2D eigenvalue weighted by molar-refractivity contribution is -0.150. The Morgan fingerprint density at radius 3 is 1.76 bits per heavy atom. The van der Waals surface area contributed by atoms with E-state index >= 15 is 0 Å². The molecule has 0 aliphatic carbocycles. The number of hydrogen-bond acceptors (Lipinski definition) is 6. The summed E-state index contributed by atoms with van der Waals surface area (Å²) in [4.78, 5) is 25.1. The molecule has 38 heavy (non-hydrogen) atoms. The molecule has 210 valence electrons. The first-order chi connectivity index (χ1) is 17.9. The predicted octanol–water partition coefficient (Wildman–Crippen LogP) is 6.01. The third-order valence-corrected chi connectivity index (χ3v) is 5.66. The Kier molecular flexibility index (Phi) is 11.7. The van der Waals surface area contributed by atoms with Crippen LogP contribution in [0.4, 0.5) is 13.6 Å². The summed E-state index contributed by atoms with van der Waals surface area (Å²) in [5.74, 6) is -2.17. The maximum Gasteiger partial charge on any atom is 0.408 e. The van der Waals surface area contributed by atoms with Gasteiger partial charge in [0.1, 0.15) is 29.4 Å². The van der Waals surface area contributed by atoms with Crippen molar-refractivity contribution in [1.29, 1.82) is 0 Å². The molecule has 1 N–H and O–H groups in total. The molecule has 0 fully saturated rings. The van der Waals surface area contributed by atoms with Crippen LogP contribution in [0.2, 0.25) is 0 Å². The first-order valence-corrected chi connectivity index (χ1v) is 12.8. The zero-order chi connectivity index (χ0) is 28.5. The van der Waals surface area contributed by atoms with E-state index in [4.69, 9.17) is 18.9 Å². The van der Waals surface area contributed by atoms with Gasteiger partial charge in [-0.15, -0.1) is 0 Å². The lowest BCUT2D eigenvalue weighted by atomic mass is 9.82. The molecule has 0 saturated heterocycles. The topological polar surface area (TPSA) is 83.1 Å². The maximum absolute atomic E-state index is 14.2. The van der Waals surface area contributed by atoms with Crippen LogP contribution in [0, 0.1) is 11.6 Å². The minimum Gasteiger partial charge on any atom is -0.460 e. The fraction of sp³-hybridized carbons (Fsp3) is 0.517. The Labute approximate surface area is 223 Å². The van der Waals surface area contributed by atoms with Crippen molar-refractivity contribution in [3.05, 3.63) is 70.3 Å². The Morgan fingerprint density at radius 2 is 1.34 bits per heavy atom. The number of ether oxygens (including phenoxy) is 4. The van der Waals surface area contributed by atoms with Crippen molar-refractivity contribution in [3.63, 3.8) is 0 Å². The SMILES string of the molecule is CCOCc1cc(F)ccc1C(c1ccc(F)cc1COCC)[C@H](C)OC(=O)[C@H](C)NC(=O)OC(C)(C)C. The smallest absolute Gasteiger partial charge is 0.408 e. The number of carbonyl (C=O) groups is 2. The molecule has 0 radical (unpaired) electrons. The molecule has 2 aromatic carbocycles. The third kappa shape index (κ3) is 9.36. The summed E-state index contributed by atoms with van der Waals surface area (Å²) in [7, 11) is 0. The van der Waals surface area contributed by atoms with Crippen LogP contribution in [0.1, 0.15) is 76.6 Å². The molecule has 0 aromatic heterocycles. The van der Waals surface area contributed by atoms with Crippen LogP contribution in [0.25, 0.3) is 0 Å². The number of carbonyl (C=O) groups excluding carboxylic acids is 2. The number of amides is 1. The van der Waals surface area contributed by atoms with Gasteiger partial charge >= 0.3 is 12.1 Å². The van der Waals surface area contributed by atoms with Crippen molar-refractivity contribution >= 4 is 12.1 Å². The Hall–Kier alpha value is -3.04. The van der Waals surface area contributed by atoms with Crippen LogP contribution in [0.3, 0.4) is 0 Å². The second-order valence-corrected chi connectivity index (χ2v) is 9.95. The van der Waals surface area contributed by atoms with Crippen LogP contribution < -0.4 is 5.32 Å². The second-order valence-electron chi connectivity index (χ2n) is 9.95. The Balaban J connectivity index is 2.47. The van der Waals surface area contributed by atoms with Crippen LogP contribution in [-0.2, 0) is 37.0 Å². The van der Waals surface area contributed by atoms with E-state index in [1.807, 2.05) is 13.8 Å². The van der Waals surface area contributed by atoms with E-state index in [1.165, 1.54) is 31.2 Å². The van der Waals surface area contributed by atoms with E-state index in [0.29, 0.717) is 35.5 Å². The molecule has 0 saturated carbocycles. The fourth-order valence-electron chi connectivity index (χ4n) is 4.00. The standard InChI is InChI=1S/C29H39F2NO6/c1-8-35-16-20-14-22(30)10-12-24(20)26(25-13-11-23(31)15-21(25)17-36-9-2)19(4)37-27(33)18(3)32-28(34)38-29(5,6)7/h10-15,18-19,26H,8-9,16-17H2,1-7H3,(H,32,34)/t18-,19-/m0/s1. The first-order valence-electron chi connectivity index (χ1n) is 12.8. The predicted molar refractivity (Wildman–Crippen MR) is 140 cm³/mol. The van der Waals surface area contributed by atoms with Gasteiger partial charge in [-0.2, -0.15) is 0 Å². The summed E-state index contributed by atoms with van der Waals surface area (Å²) in [5.41, 5.74) is 1.75. The number of alkyl carbamates (subject to hydrolysis) is 1. The largest absolute Gasteiger partial charge is 0.460 e. The van der Waals surface area contributed by atoms with Gasteiger partial charge in [0, 0.05) is 19.1 Å². The number of rotatable bonds is 12. The molecule has 2 rings (SSSR count). The normalized spacial score (nSPS) is 13.2. The molecule has 9 heteroatoms. The van der Waals surface area contributed by atoms with E-state index in [0.717, 1.165) is 0 Å². The highest BCUT2D eigenvalue weighted by atomic mass is 19.1. The highest BCUT2D eigenvalue weighted by Crippen LogP contribution is 2.36. The average Bonchev–Trinajstić information content (AvgIpc) is 2.82. The number of esters is 1. The van der Waals surface area contributed by atoms with E-state index in [1.54, 1.807) is 39.8 Å². The van der Waals surface area contributed by atoms with E-state index in [2.05, 4.69) is 5.32 Å². The van der Waals surface area contributed by atoms with Crippen molar-refractivity contribution in [2.45, 2.75) is 85.3 Å². The van der Waals surface area contributed by atoms with Gasteiger partial charge in [-0.1, -0.05) is 12.1 Å². The second kappa shape index (κ2) is 14.2. The molecule has 2 aromatic rings. The first kappa shape index (κ1) is 31.2. The molecule has 0 spiro atoms. The van der Waals surface area contributed by atoms with Crippen LogP contribution in [-0.4, -0.2) is 43.0 Å². The number of halogens is 2. The number of hydrogen-bond donors (Lipinski definition) is 1. The quantitative estimate of drug-likeness (QED) is 0.335. The Bertz CT molecular complexity index is 1030. The lowest BCUT2D eigenvalue weighted by Crippen LogP contribution is -2.43. The zero-order valence-electron chi connectivity index (χ0n) is 23.2. The summed E-state index contributed by atoms with van der Waals surface area (Å²) < 4.78 is 50.7. The van der Waals surface area contributed by atoms with Gasteiger partial charge in [-0.05, 0) is 95.0 Å². The molecule has 7 nitrogen and oxygen atoms in total. The summed E-state index contributed by atoms with van der Waals surface area (Å²) >= 11 is 0. The van der Waals surface area contributed by atoms with Gasteiger partial charge in [-0.25, -0.2) is 18.4 Å². The molecule has 0 aliphatic rings. The lowest BCUT2D eigenvalue weighted by Gasteiger charge is -2.30. The van der Waals surface area contributed by atoms with Gasteiger partial charge in [-0.3, -0.25) is 0 Å². The molecule has 0 unspecified atom stereocenters. The van der Waals surface area contributed by atoms with Crippen molar-refractivity contribution in [1.82, 2.24) is 5.32 Å². The van der Waals surface area contributed by atoms with Crippen LogP contribution in [0.15, 0.2) is 36.4 Å². The molecule has 1 amide bonds. The summed E-state index contributed by atoms with van der Waals surface area (Å²) in [5, 5.41) is 2.48. The van der Waals surface area contributed by atoms with Crippen LogP contribution in [0.5, 0.6) is 0 Å². The highest BCUT2D eigenvalue weighted by Gasteiger charge is 2.31. The van der Waals surface area contributed by atoms with Crippen molar-refractivity contribution in [3.8, 4) is 0 Å². The molecule has 0 bridgehead atoms. The van der Waals surface area contributed by atoms with E-state index in [9.17, 15) is 18.4 Å². The minimum absolute atomic E-state index is 0.138. The summed E-state index contributed by atoms with van der Waals surface area (Å²) in [6.45, 7) is 13.1. The monoisotopic (exact) mass is 535 g/mol. The molecule has 0 aliphatic heterocycles. The van der Waals surface area contributed by atoms with Gasteiger partial charge in [0.15, 0.2) is 0 Å². The van der Waals surface area contributed by atoms with Crippen molar-refractivity contribution in [2.75, 3.05) is 13.2 Å². The van der Waals surface area contributed by atoms with Gasteiger partial charge < -0.3 is 24.3 Å². The van der Waals surface area contributed by atoms with Gasteiger partial charge in [0.25, 0.3) is 0 Å². The molecular formula is C29H39F2NO6. The van der Waals surface area contributed by atoms with E-state index in [-0.39, 0.29) is 13.2 Å². The van der Waals surface area contributed by atoms with E-state index < -0.39 is 47.4 Å². The minimum atomic E-state index is -1.000. The fourth-order valence-corrected chi connectivity index (χ4v) is 4.00. The van der Waals surface area contributed by atoms with Gasteiger partial charge in [0.05, 0.1) is 13.2 Å². The Morgan fingerprint density at radius 1 is 0.868 bits per heavy atom. The highest BCUT2D eigenvalue weighted by molar-refractivity contribution is 5.81. The number of nitrogens with one attached hydrogen (secondary N) is 1. The number of benzene rings is 2. The summed E-state index contributed by atoms with van der Waals surface area (Å²) in [6, 6.07) is 7.65. The zero-order valence-corrected chi connectivity index (χ0v) is 23.2.